The van der Waals surface area contributed by atoms with Gasteiger partial charge in [-0.15, -0.1) is 0 Å². The molecule has 14 heavy (non-hydrogen) atoms. The van der Waals surface area contributed by atoms with Gasteiger partial charge in [0, 0.05) is 19.7 Å². The third-order valence-electron chi connectivity index (χ3n) is 1.87. The molecule has 2 N–H and O–H groups in total. The number of rotatable bonds is 6. The lowest BCUT2D eigenvalue weighted by Crippen LogP contribution is -2.26. The molecule has 0 spiro atoms. The van der Waals surface area contributed by atoms with Crippen LogP contribution in [0, 0.1) is 0 Å². The van der Waals surface area contributed by atoms with Gasteiger partial charge in [-0.25, -0.2) is 4.98 Å². The molecular formula is C9H17N3OS. The van der Waals surface area contributed by atoms with E-state index in [9.17, 15) is 0 Å². The average Bonchev–Trinajstić information content (AvgIpc) is 2.60. The molecule has 1 heterocycles. The van der Waals surface area contributed by atoms with Gasteiger partial charge in [-0.2, -0.15) is 0 Å². The zero-order valence-corrected chi connectivity index (χ0v) is 9.51. The van der Waals surface area contributed by atoms with E-state index in [1.807, 2.05) is 6.92 Å². The number of nitrogens with zero attached hydrogens (tertiary/aromatic N) is 2. The summed E-state index contributed by atoms with van der Waals surface area (Å²) in [5.74, 6) is 0. The van der Waals surface area contributed by atoms with Gasteiger partial charge in [-0.05, 0) is 13.8 Å². The summed E-state index contributed by atoms with van der Waals surface area (Å²) in [4.78, 5) is 6.39. The molecule has 5 heteroatoms. The Morgan fingerprint density at radius 2 is 2.36 bits per heavy atom. The lowest BCUT2D eigenvalue weighted by molar-refractivity contribution is 0.154. The van der Waals surface area contributed by atoms with Gasteiger partial charge in [0.15, 0.2) is 5.13 Å². The van der Waals surface area contributed by atoms with Gasteiger partial charge in [-0.3, -0.25) is 0 Å². The van der Waals surface area contributed by atoms with Gasteiger partial charge in [0.2, 0.25) is 0 Å². The molecule has 0 aliphatic carbocycles. The van der Waals surface area contributed by atoms with E-state index in [4.69, 9.17) is 10.5 Å². The Bertz CT molecular complexity index is 264. The summed E-state index contributed by atoms with van der Waals surface area (Å²) in [6.07, 6.45) is 1.70. The molecule has 1 aromatic heterocycles. The molecule has 0 aromatic carbocycles. The van der Waals surface area contributed by atoms with Crippen molar-refractivity contribution in [3.63, 3.8) is 0 Å². The van der Waals surface area contributed by atoms with Gasteiger partial charge in [0.1, 0.15) is 5.00 Å². The van der Waals surface area contributed by atoms with Gasteiger partial charge >= 0.3 is 0 Å². The van der Waals surface area contributed by atoms with Crippen LogP contribution >= 0.6 is 11.3 Å². The van der Waals surface area contributed by atoms with Crippen LogP contribution in [0.5, 0.6) is 0 Å². The fourth-order valence-corrected chi connectivity index (χ4v) is 1.90. The van der Waals surface area contributed by atoms with Crippen molar-refractivity contribution < 1.29 is 4.74 Å². The smallest absolute Gasteiger partial charge is 0.187 e. The molecule has 0 saturated carbocycles. The van der Waals surface area contributed by atoms with Crippen molar-refractivity contribution in [3.05, 3.63) is 6.20 Å². The molecule has 1 aromatic rings. The molecule has 0 radical (unpaired) electrons. The van der Waals surface area contributed by atoms with Gasteiger partial charge < -0.3 is 15.4 Å². The number of anilines is 2. The lowest BCUT2D eigenvalue weighted by atomic mass is 10.5. The second kappa shape index (κ2) is 5.82. The molecule has 80 valence electrons. The van der Waals surface area contributed by atoms with E-state index in [1.54, 1.807) is 6.20 Å². The molecule has 1 rings (SSSR count). The summed E-state index contributed by atoms with van der Waals surface area (Å²) in [6.45, 7) is 7.40. The minimum absolute atomic E-state index is 0.740. The van der Waals surface area contributed by atoms with Crippen LogP contribution in [0.2, 0.25) is 0 Å². The van der Waals surface area contributed by atoms with Gasteiger partial charge in [0.05, 0.1) is 12.8 Å². The van der Waals surface area contributed by atoms with E-state index in [0.717, 1.165) is 36.4 Å². The average molecular weight is 215 g/mol. The van der Waals surface area contributed by atoms with Crippen LogP contribution in [0.25, 0.3) is 0 Å². The van der Waals surface area contributed by atoms with Gasteiger partial charge in [0.25, 0.3) is 0 Å². The Balaban J connectivity index is 2.45. The van der Waals surface area contributed by atoms with Crippen LogP contribution in [0.1, 0.15) is 13.8 Å². The van der Waals surface area contributed by atoms with Crippen molar-refractivity contribution in [1.82, 2.24) is 4.98 Å². The zero-order chi connectivity index (χ0) is 10.4. The van der Waals surface area contributed by atoms with Crippen LogP contribution in [0.3, 0.4) is 0 Å². The molecule has 0 bridgehead atoms. The van der Waals surface area contributed by atoms with Crippen LogP contribution < -0.4 is 10.6 Å². The van der Waals surface area contributed by atoms with Crippen LogP contribution in [-0.2, 0) is 4.74 Å². The van der Waals surface area contributed by atoms with E-state index in [0.29, 0.717) is 0 Å². The van der Waals surface area contributed by atoms with E-state index in [-0.39, 0.29) is 0 Å². The van der Waals surface area contributed by atoms with Crippen molar-refractivity contribution in [2.45, 2.75) is 13.8 Å². The Morgan fingerprint density at radius 3 is 2.86 bits per heavy atom. The third-order valence-corrected chi connectivity index (χ3v) is 2.76. The molecule has 0 fully saturated rings. The predicted molar refractivity (Wildman–Crippen MR) is 60.9 cm³/mol. The number of nitrogens with two attached hydrogens (primary N) is 1. The molecule has 4 nitrogen and oxygen atoms in total. The molecule has 0 atom stereocenters. The first kappa shape index (κ1) is 11.3. The summed E-state index contributed by atoms with van der Waals surface area (Å²) in [5, 5.41) is 1.74. The molecule has 0 aliphatic heterocycles. The van der Waals surface area contributed by atoms with Crippen molar-refractivity contribution in [2.75, 3.05) is 36.9 Å². The number of likely N-dealkylation sites (N-methyl/N-ethyl adjacent to an activating group) is 1. The highest BCUT2D eigenvalue weighted by Crippen LogP contribution is 2.23. The van der Waals surface area contributed by atoms with Gasteiger partial charge in [-0.1, -0.05) is 11.3 Å². The maximum Gasteiger partial charge on any atom is 0.187 e. The van der Waals surface area contributed by atoms with E-state index < -0.39 is 0 Å². The molecule has 0 aliphatic rings. The van der Waals surface area contributed by atoms with E-state index in [1.165, 1.54) is 11.3 Å². The van der Waals surface area contributed by atoms with E-state index >= 15 is 0 Å². The molecule has 0 unspecified atom stereocenters. The summed E-state index contributed by atoms with van der Waals surface area (Å²) in [5.41, 5.74) is 5.62. The minimum Gasteiger partial charge on any atom is -0.389 e. The first-order valence-electron chi connectivity index (χ1n) is 4.82. The maximum absolute atomic E-state index is 5.62. The van der Waals surface area contributed by atoms with Crippen molar-refractivity contribution >= 4 is 21.5 Å². The highest BCUT2D eigenvalue weighted by atomic mass is 32.1. The number of nitrogen functional groups attached to an aromatic ring is 1. The van der Waals surface area contributed by atoms with E-state index in [2.05, 4.69) is 16.8 Å². The summed E-state index contributed by atoms with van der Waals surface area (Å²) in [7, 11) is 0. The summed E-state index contributed by atoms with van der Waals surface area (Å²) < 4.78 is 5.30. The third kappa shape index (κ3) is 3.16. The highest BCUT2D eigenvalue weighted by molar-refractivity contribution is 7.19. The van der Waals surface area contributed by atoms with Crippen molar-refractivity contribution in [3.8, 4) is 0 Å². The molecular weight excluding hydrogens is 198 g/mol. The first-order chi connectivity index (χ1) is 6.77. The standard InChI is InChI=1S/C9H17N3OS/c1-3-12(5-6-13-4-2)9-11-7-8(10)14-9/h7H,3-6,10H2,1-2H3. The summed E-state index contributed by atoms with van der Waals surface area (Å²) >= 11 is 1.52. The highest BCUT2D eigenvalue weighted by Gasteiger charge is 2.07. The topological polar surface area (TPSA) is 51.4 Å². The lowest BCUT2D eigenvalue weighted by Gasteiger charge is -2.19. The van der Waals surface area contributed by atoms with Crippen molar-refractivity contribution in [1.29, 1.82) is 0 Å². The minimum atomic E-state index is 0.740. The Hall–Kier alpha value is -0.810. The van der Waals surface area contributed by atoms with Crippen LogP contribution in [-0.4, -0.2) is 31.3 Å². The Labute approximate surface area is 88.7 Å². The number of aromatic nitrogens is 1. The zero-order valence-electron chi connectivity index (χ0n) is 8.69. The van der Waals surface area contributed by atoms with Crippen molar-refractivity contribution in [2.24, 2.45) is 0 Å². The maximum atomic E-state index is 5.62. The Morgan fingerprint density at radius 1 is 1.57 bits per heavy atom. The number of hydrogen-bond acceptors (Lipinski definition) is 5. The SMILES string of the molecule is CCOCCN(CC)c1ncc(N)s1. The second-order valence-electron chi connectivity index (χ2n) is 2.82. The molecule has 0 saturated heterocycles. The number of hydrogen-bond donors (Lipinski definition) is 1. The predicted octanol–water partition coefficient (Wildman–Crippen LogP) is 1.59. The summed E-state index contributed by atoms with van der Waals surface area (Å²) in [6, 6.07) is 0. The monoisotopic (exact) mass is 215 g/mol. The largest absolute Gasteiger partial charge is 0.389 e. The van der Waals surface area contributed by atoms with Crippen LogP contribution in [0.15, 0.2) is 6.20 Å². The fraction of sp³-hybridized carbons (Fsp3) is 0.667. The first-order valence-corrected chi connectivity index (χ1v) is 5.63. The van der Waals surface area contributed by atoms with Crippen LogP contribution in [0.4, 0.5) is 10.1 Å². The number of ether oxygens (including phenoxy) is 1. The fourth-order valence-electron chi connectivity index (χ4n) is 1.13. The number of thiazole rings is 1. The second-order valence-corrected chi connectivity index (χ2v) is 3.86. The quantitative estimate of drug-likeness (QED) is 0.732. The molecule has 0 amide bonds. The normalized spacial score (nSPS) is 10.4. The Kier molecular flexibility index (Phi) is 4.69.